The van der Waals surface area contributed by atoms with E-state index in [2.05, 4.69) is 4.98 Å². The van der Waals surface area contributed by atoms with Crippen molar-refractivity contribution >= 4 is 17.6 Å². The Morgan fingerprint density at radius 2 is 2.24 bits per heavy atom. The van der Waals surface area contributed by atoms with Crippen molar-refractivity contribution in [3.63, 3.8) is 0 Å². The van der Waals surface area contributed by atoms with Gasteiger partial charge in [0.15, 0.2) is 0 Å². The van der Waals surface area contributed by atoms with Crippen LogP contribution >= 0.6 is 11.6 Å². The van der Waals surface area contributed by atoms with Crippen LogP contribution in [0.1, 0.15) is 28.9 Å². The Balaban J connectivity index is 3.36. The fourth-order valence-electron chi connectivity index (χ4n) is 1.28. The lowest BCUT2D eigenvalue weighted by Gasteiger charge is -2.09. The maximum absolute atomic E-state index is 12.7. The molecule has 7 heteroatoms. The van der Waals surface area contributed by atoms with Gasteiger partial charge in [-0.15, -0.1) is 11.6 Å². The zero-order chi connectivity index (χ0) is 13.0. The van der Waals surface area contributed by atoms with E-state index in [1.807, 2.05) is 0 Å². The van der Waals surface area contributed by atoms with Crippen LogP contribution < -0.4 is 0 Å². The van der Waals surface area contributed by atoms with Crippen molar-refractivity contribution in [1.82, 2.24) is 4.98 Å². The second-order valence-corrected chi connectivity index (χ2v) is 3.40. The summed E-state index contributed by atoms with van der Waals surface area (Å²) in [5.41, 5.74) is -0.765. The standard InChI is InChI=1S/C10H7ClF2N2O2/c11-3-8-5(4-14)1-6(10(12)13)7(15-8)2-9(16)17/h1,10H,2-3H2,(H,16,17). The SMILES string of the molecule is N#Cc1cc(C(F)F)c(CC(=O)O)nc1CCl. The zero-order valence-corrected chi connectivity index (χ0v) is 9.21. The molecule has 17 heavy (non-hydrogen) atoms. The van der Waals surface area contributed by atoms with Crippen LogP contribution in [0.15, 0.2) is 6.07 Å². The summed E-state index contributed by atoms with van der Waals surface area (Å²) in [5, 5.41) is 17.3. The van der Waals surface area contributed by atoms with Crippen molar-refractivity contribution in [3.8, 4) is 6.07 Å². The first-order valence-electron chi connectivity index (χ1n) is 4.48. The van der Waals surface area contributed by atoms with Gasteiger partial charge in [-0.05, 0) is 6.07 Å². The molecule has 0 radical (unpaired) electrons. The highest BCUT2D eigenvalue weighted by Gasteiger charge is 2.19. The Labute approximate surface area is 100 Å². The van der Waals surface area contributed by atoms with Crippen molar-refractivity contribution in [3.05, 3.63) is 28.6 Å². The van der Waals surface area contributed by atoms with E-state index >= 15 is 0 Å². The summed E-state index contributed by atoms with van der Waals surface area (Å²) in [6.07, 6.45) is -3.51. The van der Waals surface area contributed by atoms with Crippen LogP contribution in [0.3, 0.4) is 0 Å². The minimum atomic E-state index is -2.88. The van der Waals surface area contributed by atoms with E-state index in [-0.39, 0.29) is 22.8 Å². The molecule has 0 unspecified atom stereocenters. The topological polar surface area (TPSA) is 74.0 Å². The maximum atomic E-state index is 12.7. The number of aliphatic carboxylic acids is 1. The number of rotatable bonds is 4. The van der Waals surface area contributed by atoms with Crippen LogP contribution in [-0.2, 0) is 17.1 Å². The third-order valence-electron chi connectivity index (χ3n) is 2.01. The molecule has 1 aromatic heterocycles. The van der Waals surface area contributed by atoms with E-state index < -0.39 is 24.4 Å². The quantitative estimate of drug-likeness (QED) is 0.843. The number of aromatic nitrogens is 1. The molecule has 1 heterocycles. The number of halogens is 3. The summed E-state index contributed by atoms with van der Waals surface area (Å²) in [6, 6.07) is 2.63. The van der Waals surface area contributed by atoms with E-state index in [1.54, 1.807) is 6.07 Å². The Morgan fingerprint density at radius 1 is 1.59 bits per heavy atom. The maximum Gasteiger partial charge on any atom is 0.309 e. The normalized spacial score (nSPS) is 10.3. The first-order chi connectivity index (χ1) is 7.99. The minimum Gasteiger partial charge on any atom is -0.481 e. The Kier molecular flexibility index (Phi) is 4.35. The molecule has 0 aliphatic carbocycles. The minimum absolute atomic E-state index is 0.0653. The lowest BCUT2D eigenvalue weighted by molar-refractivity contribution is -0.136. The number of hydrogen-bond donors (Lipinski definition) is 1. The largest absolute Gasteiger partial charge is 0.481 e. The van der Waals surface area contributed by atoms with Gasteiger partial charge in [-0.25, -0.2) is 8.78 Å². The van der Waals surface area contributed by atoms with Gasteiger partial charge in [-0.3, -0.25) is 9.78 Å². The smallest absolute Gasteiger partial charge is 0.309 e. The van der Waals surface area contributed by atoms with Gasteiger partial charge in [0.05, 0.1) is 29.3 Å². The number of carboxylic acid groups (broad SMARTS) is 1. The molecule has 0 aliphatic rings. The highest BCUT2D eigenvalue weighted by molar-refractivity contribution is 6.17. The molecule has 4 nitrogen and oxygen atoms in total. The van der Waals surface area contributed by atoms with Crippen molar-refractivity contribution in [2.24, 2.45) is 0 Å². The number of pyridine rings is 1. The van der Waals surface area contributed by atoms with Crippen molar-refractivity contribution in [1.29, 1.82) is 5.26 Å². The van der Waals surface area contributed by atoms with Crippen LogP contribution in [0, 0.1) is 11.3 Å². The average Bonchev–Trinajstić information content (AvgIpc) is 2.27. The fraction of sp³-hybridized carbons (Fsp3) is 0.300. The first kappa shape index (κ1) is 13.3. The molecule has 0 aliphatic heterocycles. The van der Waals surface area contributed by atoms with Crippen molar-refractivity contribution in [2.75, 3.05) is 0 Å². The van der Waals surface area contributed by atoms with E-state index in [4.69, 9.17) is 22.0 Å². The summed E-state index contributed by atoms with van der Waals surface area (Å²) in [5.74, 6) is -1.41. The summed E-state index contributed by atoms with van der Waals surface area (Å²) in [7, 11) is 0. The van der Waals surface area contributed by atoms with Crippen LogP contribution in [0.2, 0.25) is 0 Å². The molecule has 0 atom stereocenters. The molecule has 90 valence electrons. The van der Waals surface area contributed by atoms with Gasteiger partial charge >= 0.3 is 5.97 Å². The molecular formula is C10H7ClF2N2O2. The van der Waals surface area contributed by atoms with Gasteiger partial charge < -0.3 is 5.11 Å². The highest BCUT2D eigenvalue weighted by Crippen LogP contribution is 2.25. The molecule has 0 saturated carbocycles. The van der Waals surface area contributed by atoms with E-state index in [0.29, 0.717) is 0 Å². The van der Waals surface area contributed by atoms with Crippen LogP contribution in [0.25, 0.3) is 0 Å². The highest BCUT2D eigenvalue weighted by atomic mass is 35.5. The number of carbonyl (C=O) groups is 1. The van der Waals surface area contributed by atoms with Gasteiger partial charge in [-0.1, -0.05) is 0 Å². The third kappa shape index (κ3) is 3.11. The molecule has 0 spiro atoms. The predicted molar refractivity (Wildman–Crippen MR) is 54.8 cm³/mol. The van der Waals surface area contributed by atoms with Crippen LogP contribution in [0.4, 0.5) is 8.78 Å². The Bertz CT molecular complexity index is 486. The molecule has 0 bridgehead atoms. The summed E-state index contributed by atoms with van der Waals surface area (Å²) >= 11 is 5.50. The van der Waals surface area contributed by atoms with Crippen LogP contribution in [0.5, 0.6) is 0 Å². The third-order valence-corrected chi connectivity index (χ3v) is 2.27. The van der Waals surface area contributed by atoms with E-state index in [0.717, 1.165) is 6.07 Å². The number of nitriles is 1. The lowest BCUT2D eigenvalue weighted by atomic mass is 10.1. The average molecular weight is 261 g/mol. The fourth-order valence-corrected chi connectivity index (χ4v) is 1.49. The van der Waals surface area contributed by atoms with Crippen molar-refractivity contribution < 1.29 is 18.7 Å². The van der Waals surface area contributed by atoms with Gasteiger partial charge in [-0.2, -0.15) is 5.26 Å². The summed E-state index contributed by atoms with van der Waals surface area (Å²) in [4.78, 5) is 14.2. The monoisotopic (exact) mass is 260 g/mol. The second kappa shape index (κ2) is 5.55. The van der Waals surface area contributed by atoms with Gasteiger partial charge in [0.1, 0.15) is 6.07 Å². The van der Waals surface area contributed by atoms with E-state index in [1.165, 1.54) is 0 Å². The number of carboxylic acids is 1. The molecule has 0 saturated heterocycles. The van der Waals surface area contributed by atoms with Crippen LogP contribution in [-0.4, -0.2) is 16.1 Å². The molecule has 1 N–H and O–H groups in total. The summed E-state index contributed by atoms with van der Waals surface area (Å²) < 4.78 is 25.3. The molecule has 1 rings (SSSR count). The predicted octanol–water partition coefficient (Wildman–Crippen LogP) is 2.26. The van der Waals surface area contributed by atoms with Crippen molar-refractivity contribution in [2.45, 2.75) is 18.7 Å². The number of nitrogens with zero attached hydrogens (tertiary/aromatic N) is 2. The Morgan fingerprint density at radius 3 is 2.65 bits per heavy atom. The van der Waals surface area contributed by atoms with Gasteiger partial charge in [0.2, 0.25) is 0 Å². The molecule has 0 amide bonds. The second-order valence-electron chi connectivity index (χ2n) is 3.14. The number of alkyl halides is 3. The van der Waals surface area contributed by atoms with Gasteiger partial charge in [0.25, 0.3) is 6.43 Å². The molecule has 0 aromatic carbocycles. The lowest BCUT2D eigenvalue weighted by Crippen LogP contribution is -2.09. The Hall–Kier alpha value is -1.74. The summed E-state index contributed by atoms with van der Waals surface area (Å²) in [6.45, 7) is 0. The zero-order valence-electron chi connectivity index (χ0n) is 8.45. The first-order valence-corrected chi connectivity index (χ1v) is 5.01. The van der Waals surface area contributed by atoms with Gasteiger partial charge in [0, 0.05) is 5.56 Å². The molecule has 0 fully saturated rings. The molecule has 1 aromatic rings. The number of hydrogen-bond acceptors (Lipinski definition) is 3. The van der Waals surface area contributed by atoms with E-state index in [9.17, 15) is 13.6 Å². The molecular weight excluding hydrogens is 254 g/mol.